The molecular weight excluding hydrogens is 357 g/mol. The van der Waals surface area contributed by atoms with Crippen LogP contribution in [0.25, 0.3) is 0 Å². The van der Waals surface area contributed by atoms with Gasteiger partial charge < -0.3 is 9.64 Å². The summed E-state index contributed by atoms with van der Waals surface area (Å²) in [5.74, 6) is 0.784. The van der Waals surface area contributed by atoms with Crippen LogP contribution in [0.1, 0.15) is 37.7 Å². The summed E-state index contributed by atoms with van der Waals surface area (Å²) in [6, 6.07) is 7.47. The van der Waals surface area contributed by atoms with Crippen LogP contribution >= 0.6 is 0 Å². The molecule has 1 spiro atoms. The number of fused-ring (bicyclic) bond motifs is 2. The van der Waals surface area contributed by atoms with Crippen LogP contribution in [-0.4, -0.2) is 55.2 Å². The van der Waals surface area contributed by atoms with Gasteiger partial charge in [0.2, 0.25) is 5.91 Å². The first-order chi connectivity index (χ1) is 12.8. The van der Waals surface area contributed by atoms with Gasteiger partial charge in [-0.15, -0.1) is 0 Å². The maximum absolute atomic E-state index is 12.7. The molecule has 1 aliphatic carbocycles. The maximum atomic E-state index is 12.7. The molecule has 1 saturated carbocycles. The molecule has 0 N–H and O–H groups in total. The van der Waals surface area contributed by atoms with Crippen molar-refractivity contribution in [1.29, 1.82) is 0 Å². The Morgan fingerprint density at radius 2 is 1.93 bits per heavy atom. The van der Waals surface area contributed by atoms with E-state index in [1.165, 1.54) is 0 Å². The van der Waals surface area contributed by atoms with E-state index >= 15 is 0 Å². The van der Waals surface area contributed by atoms with Crippen molar-refractivity contribution in [2.75, 3.05) is 33.3 Å². The normalized spacial score (nSPS) is 21.6. The minimum Gasteiger partial charge on any atom is -0.492 e. The van der Waals surface area contributed by atoms with E-state index in [1.54, 1.807) is 11.9 Å². The zero-order valence-corrected chi connectivity index (χ0v) is 15.7. The fourth-order valence-corrected chi connectivity index (χ4v) is 3.53. The van der Waals surface area contributed by atoms with Gasteiger partial charge in [0.25, 0.3) is 0 Å². The van der Waals surface area contributed by atoms with Crippen LogP contribution in [0.15, 0.2) is 24.3 Å². The smallest absolute Gasteiger partial charge is 0.390 e. The van der Waals surface area contributed by atoms with E-state index in [0.29, 0.717) is 32.0 Å². The van der Waals surface area contributed by atoms with Crippen molar-refractivity contribution < 1.29 is 22.7 Å². The lowest BCUT2D eigenvalue weighted by Gasteiger charge is -2.26. The Balaban J connectivity index is 1.74. The van der Waals surface area contributed by atoms with E-state index in [2.05, 4.69) is 0 Å². The minimum atomic E-state index is -4.16. The molecule has 4 nitrogen and oxygen atoms in total. The first-order valence-corrected chi connectivity index (χ1v) is 9.54. The summed E-state index contributed by atoms with van der Waals surface area (Å²) in [7, 11) is 1.80. The Bertz CT molecular complexity index is 659. The van der Waals surface area contributed by atoms with Crippen LogP contribution in [-0.2, 0) is 11.3 Å². The van der Waals surface area contributed by atoms with Gasteiger partial charge in [0.15, 0.2) is 0 Å². The molecule has 1 fully saturated rings. The van der Waals surface area contributed by atoms with E-state index in [9.17, 15) is 18.0 Å². The number of alkyl halides is 3. The number of halogens is 3. The van der Waals surface area contributed by atoms with Crippen LogP contribution in [0.4, 0.5) is 13.2 Å². The topological polar surface area (TPSA) is 32.8 Å². The van der Waals surface area contributed by atoms with Crippen molar-refractivity contribution in [3.63, 3.8) is 0 Å². The number of nitrogens with zero attached hydrogens (tertiary/aromatic N) is 2. The standard InChI is InChI=1S/C20H27F3N2O2/c1-24-10-2-3-11-25(12-9-20(21,22)23)14-16-5-4-6-17(13-16)27-15-19(7-8-19)18(24)26/h4-6,13H,2-3,7-12,14-15H2,1H3. The summed E-state index contributed by atoms with van der Waals surface area (Å²) in [4.78, 5) is 16.3. The van der Waals surface area contributed by atoms with Gasteiger partial charge in [-0.1, -0.05) is 12.1 Å². The van der Waals surface area contributed by atoms with Gasteiger partial charge in [-0.05, 0) is 49.9 Å². The quantitative estimate of drug-likeness (QED) is 0.777. The third-order valence-corrected chi connectivity index (χ3v) is 5.40. The minimum absolute atomic E-state index is 0.0214. The summed E-state index contributed by atoms with van der Waals surface area (Å²) in [6.07, 6.45) is -1.73. The zero-order valence-electron chi connectivity index (χ0n) is 15.7. The van der Waals surface area contributed by atoms with E-state index < -0.39 is 18.0 Å². The van der Waals surface area contributed by atoms with Crippen molar-refractivity contribution in [3.8, 4) is 5.75 Å². The Hall–Kier alpha value is -1.76. The Morgan fingerprint density at radius 1 is 1.19 bits per heavy atom. The molecule has 0 atom stereocenters. The Labute approximate surface area is 158 Å². The third kappa shape index (κ3) is 5.61. The molecule has 1 amide bonds. The zero-order chi connectivity index (χ0) is 19.5. The Kier molecular flexibility index (Phi) is 5.99. The molecule has 2 aliphatic rings. The molecule has 1 aromatic rings. The highest BCUT2D eigenvalue weighted by Crippen LogP contribution is 2.47. The second-order valence-corrected chi connectivity index (χ2v) is 7.79. The number of amides is 1. The molecule has 3 rings (SSSR count). The molecule has 7 heteroatoms. The van der Waals surface area contributed by atoms with Gasteiger partial charge in [0.05, 0.1) is 11.8 Å². The lowest BCUT2D eigenvalue weighted by atomic mass is 10.1. The average Bonchev–Trinajstić information content (AvgIpc) is 3.40. The van der Waals surface area contributed by atoms with E-state index in [-0.39, 0.29) is 12.5 Å². The molecule has 0 saturated heterocycles. The molecule has 150 valence electrons. The molecular formula is C20H27F3N2O2. The molecule has 1 heterocycles. The summed E-state index contributed by atoms with van der Waals surface area (Å²) in [5, 5.41) is 0. The number of carbonyl (C=O) groups excluding carboxylic acids is 1. The van der Waals surface area contributed by atoms with Gasteiger partial charge in [-0.3, -0.25) is 9.69 Å². The fourth-order valence-electron chi connectivity index (χ4n) is 3.53. The van der Waals surface area contributed by atoms with Crippen molar-refractivity contribution >= 4 is 5.91 Å². The van der Waals surface area contributed by atoms with Crippen LogP contribution in [0.2, 0.25) is 0 Å². The van der Waals surface area contributed by atoms with Gasteiger partial charge in [-0.2, -0.15) is 13.2 Å². The van der Waals surface area contributed by atoms with E-state index in [1.807, 2.05) is 29.2 Å². The first kappa shape index (κ1) is 20.0. The van der Waals surface area contributed by atoms with Crippen molar-refractivity contribution in [3.05, 3.63) is 29.8 Å². The lowest BCUT2D eigenvalue weighted by molar-refractivity contribution is -0.139. The van der Waals surface area contributed by atoms with Crippen molar-refractivity contribution in [1.82, 2.24) is 9.80 Å². The van der Waals surface area contributed by atoms with Crippen molar-refractivity contribution in [2.24, 2.45) is 5.41 Å². The SMILES string of the molecule is CN1CCCCN(CCC(F)(F)F)Cc2cccc(c2)OCC2(CC2)C1=O. The molecule has 0 aromatic heterocycles. The second kappa shape index (κ2) is 8.09. The summed E-state index contributed by atoms with van der Waals surface area (Å²) >= 11 is 0. The molecule has 1 aliphatic heterocycles. The number of ether oxygens (including phenoxy) is 1. The van der Waals surface area contributed by atoms with Gasteiger partial charge in [-0.25, -0.2) is 0 Å². The van der Waals surface area contributed by atoms with Gasteiger partial charge >= 0.3 is 6.18 Å². The van der Waals surface area contributed by atoms with Gasteiger partial charge in [0, 0.05) is 26.7 Å². The second-order valence-electron chi connectivity index (χ2n) is 7.79. The number of hydrogen-bond acceptors (Lipinski definition) is 3. The number of hydrogen-bond donors (Lipinski definition) is 0. The highest BCUT2D eigenvalue weighted by Gasteiger charge is 2.52. The molecule has 0 unspecified atom stereocenters. The number of benzene rings is 1. The third-order valence-electron chi connectivity index (χ3n) is 5.40. The van der Waals surface area contributed by atoms with Crippen LogP contribution in [0.3, 0.4) is 0 Å². The lowest BCUT2D eigenvalue weighted by Crippen LogP contribution is -2.38. The summed E-state index contributed by atoms with van der Waals surface area (Å²) in [6.45, 7) is 2.00. The Morgan fingerprint density at radius 3 is 2.63 bits per heavy atom. The summed E-state index contributed by atoms with van der Waals surface area (Å²) in [5.41, 5.74) is 0.535. The van der Waals surface area contributed by atoms with Crippen LogP contribution < -0.4 is 4.74 Å². The highest BCUT2D eigenvalue weighted by molar-refractivity contribution is 5.85. The predicted octanol–water partition coefficient (Wildman–Crippen LogP) is 3.85. The fraction of sp³-hybridized carbons (Fsp3) is 0.650. The average molecular weight is 384 g/mol. The number of rotatable bonds is 2. The molecule has 0 radical (unpaired) electrons. The molecule has 1 aromatic carbocycles. The van der Waals surface area contributed by atoms with E-state index in [4.69, 9.17) is 4.74 Å². The summed E-state index contributed by atoms with van der Waals surface area (Å²) < 4.78 is 43.8. The highest BCUT2D eigenvalue weighted by atomic mass is 19.4. The maximum Gasteiger partial charge on any atom is 0.390 e. The molecule has 2 bridgehead atoms. The predicted molar refractivity (Wildman–Crippen MR) is 96.4 cm³/mol. The molecule has 27 heavy (non-hydrogen) atoms. The van der Waals surface area contributed by atoms with Crippen LogP contribution in [0, 0.1) is 5.41 Å². The van der Waals surface area contributed by atoms with Gasteiger partial charge in [0.1, 0.15) is 12.4 Å². The largest absolute Gasteiger partial charge is 0.492 e. The first-order valence-electron chi connectivity index (χ1n) is 9.54. The monoisotopic (exact) mass is 384 g/mol. The number of carbonyl (C=O) groups is 1. The van der Waals surface area contributed by atoms with Crippen LogP contribution in [0.5, 0.6) is 5.75 Å². The van der Waals surface area contributed by atoms with Crippen molar-refractivity contribution in [2.45, 2.75) is 44.8 Å². The van der Waals surface area contributed by atoms with E-state index in [0.717, 1.165) is 31.2 Å².